The van der Waals surface area contributed by atoms with Gasteiger partial charge in [-0.2, -0.15) is 0 Å². The molecule has 0 saturated heterocycles. The minimum absolute atomic E-state index is 0. The van der Waals surface area contributed by atoms with Gasteiger partial charge in [-0.25, -0.2) is 0 Å². The summed E-state index contributed by atoms with van der Waals surface area (Å²) < 4.78 is 10.9. The van der Waals surface area contributed by atoms with Gasteiger partial charge in [-0.1, -0.05) is 42.5 Å². The van der Waals surface area contributed by atoms with Crippen LogP contribution in [0.4, 0.5) is 0 Å². The number of aryl methyl sites for hydroxylation is 1. The molecule has 0 spiro atoms. The monoisotopic (exact) mass is 392 g/mol. The van der Waals surface area contributed by atoms with Crippen molar-refractivity contribution in [1.29, 1.82) is 0 Å². The van der Waals surface area contributed by atoms with Crippen LogP contribution >= 0.6 is 12.4 Å². The first kappa shape index (κ1) is 23.0. The van der Waals surface area contributed by atoms with Crippen LogP contribution < -0.4 is 15.8 Å². The summed E-state index contributed by atoms with van der Waals surface area (Å²) in [6, 6.07) is 15.2. The third-order valence-corrected chi connectivity index (χ3v) is 4.06. The highest BCUT2D eigenvalue weighted by molar-refractivity contribution is 5.85. The minimum atomic E-state index is -0.575. The van der Waals surface area contributed by atoms with Gasteiger partial charge in [0.05, 0.1) is 12.6 Å². The summed E-state index contributed by atoms with van der Waals surface area (Å²) in [6.07, 6.45) is 1.33. The van der Waals surface area contributed by atoms with E-state index in [2.05, 4.69) is 5.32 Å². The van der Waals surface area contributed by atoms with Gasteiger partial charge in [0.1, 0.15) is 5.75 Å². The molecule has 27 heavy (non-hydrogen) atoms. The first-order valence-corrected chi connectivity index (χ1v) is 8.88. The van der Waals surface area contributed by atoms with E-state index < -0.39 is 6.04 Å². The van der Waals surface area contributed by atoms with E-state index in [0.29, 0.717) is 26.2 Å². The van der Waals surface area contributed by atoms with Crippen LogP contribution in [0.5, 0.6) is 5.75 Å². The number of amides is 1. The predicted molar refractivity (Wildman–Crippen MR) is 110 cm³/mol. The molecule has 0 aliphatic rings. The van der Waals surface area contributed by atoms with Gasteiger partial charge >= 0.3 is 0 Å². The Labute approximate surface area is 167 Å². The van der Waals surface area contributed by atoms with Gasteiger partial charge in [0.2, 0.25) is 5.91 Å². The molecule has 3 N–H and O–H groups in total. The molecule has 0 unspecified atom stereocenters. The number of nitrogens with one attached hydrogen (secondary N) is 1. The fourth-order valence-electron chi connectivity index (χ4n) is 2.60. The molecule has 2 aromatic carbocycles. The van der Waals surface area contributed by atoms with E-state index in [1.54, 1.807) is 7.11 Å². The Morgan fingerprint density at radius 3 is 2.59 bits per heavy atom. The smallest absolute Gasteiger partial charge is 0.237 e. The van der Waals surface area contributed by atoms with Crippen LogP contribution in [-0.4, -0.2) is 32.3 Å². The van der Waals surface area contributed by atoms with E-state index in [1.165, 1.54) is 0 Å². The number of nitrogens with two attached hydrogens (primary N) is 1. The number of benzene rings is 2. The normalized spacial score (nSPS) is 11.4. The first-order chi connectivity index (χ1) is 12.6. The lowest BCUT2D eigenvalue weighted by Gasteiger charge is -2.15. The van der Waals surface area contributed by atoms with E-state index in [-0.39, 0.29) is 18.3 Å². The quantitative estimate of drug-likeness (QED) is 0.609. The van der Waals surface area contributed by atoms with Crippen LogP contribution in [0.1, 0.15) is 23.1 Å². The van der Waals surface area contributed by atoms with Gasteiger partial charge < -0.3 is 20.5 Å². The highest BCUT2D eigenvalue weighted by Gasteiger charge is 2.14. The van der Waals surface area contributed by atoms with Crippen molar-refractivity contribution >= 4 is 18.3 Å². The number of ether oxygens (including phenoxy) is 2. The maximum absolute atomic E-state index is 12.3. The van der Waals surface area contributed by atoms with E-state index in [4.69, 9.17) is 15.2 Å². The van der Waals surface area contributed by atoms with Crippen molar-refractivity contribution in [1.82, 2.24) is 5.32 Å². The second-order valence-electron chi connectivity index (χ2n) is 6.32. The molecule has 0 bridgehead atoms. The Hall–Kier alpha value is -2.08. The number of carbonyl (C=O) groups is 1. The highest BCUT2D eigenvalue weighted by Crippen LogP contribution is 2.20. The van der Waals surface area contributed by atoms with Gasteiger partial charge in [0.15, 0.2) is 0 Å². The van der Waals surface area contributed by atoms with Crippen molar-refractivity contribution in [3.8, 4) is 5.75 Å². The van der Waals surface area contributed by atoms with Gasteiger partial charge in [-0.15, -0.1) is 12.4 Å². The third-order valence-electron chi connectivity index (χ3n) is 4.06. The topological polar surface area (TPSA) is 73.6 Å². The number of rotatable bonds is 10. The molecular weight excluding hydrogens is 364 g/mol. The zero-order valence-corrected chi connectivity index (χ0v) is 16.8. The lowest BCUT2D eigenvalue weighted by Crippen LogP contribution is -2.41. The predicted octanol–water partition coefficient (Wildman–Crippen LogP) is 3.02. The molecule has 0 aliphatic heterocycles. The molecule has 0 saturated carbocycles. The average molecular weight is 393 g/mol. The summed E-state index contributed by atoms with van der Waals surface area (Å²) in [5.74, 6) is 0.623. The van der Waals surface area contributed by atoms with Crippen LogP contribution in [0, 0.1) is 6.92 Å². The van der Waals surface area contributed by atoms with Crippen LogP contribution in [-0.2, 0) is 22.5 Å². The maximum Gasteiger partial charge on any atom is 0.237 e. The molecule has 148 valence electrons. The molecule has 2 rings (SSSR count). The summed E-state index contributed by atoms with van der Waals surface area (Å²) >= 11 is 0. The second kappa shape index (κ2) is 12.3. The largest absolute Gasteiger partial charge is 0.493 e. The molecule has 0 aliphatic carbocycles. The van der Waals surface area contributed by atoms with Gasteiger partial charge in [-0.3, -0.25) is 4.79 Å². The molecule has 5 nitrogen and oxygen atoms in total. The van der Waals surface area contributed by atoms with E-state index in [1.807, 2.05) is 55.5 Å². The van der Waals surface area contributed by atoms with Gasteiger partial charge in [0.25, 0.3) is 0 Å². The lowest BCUT2D eigenvalue weighted by atomic mass is 10.1. The second-order valence-corrected chi connectivity index (χ2v) is 6.32. The van der Waals surface area contributed by atoms with Crippen molar-refractivity contribution < 1.29 is 14.3 Å². The third kappa shape index (κ3) is 7.99. The van der Waals surface area contributed by atoms with Crippen LogP contribution in [0.15, 0.2) is 48.5 Å². The van der Waals surface area contributed by atoms with Crippen molar-refractivity contribution in [2.75, 3.05) is 20.3 Å². The fraction of sp³-hybridized carbons (Fsp3) is 0.381. The van der Waals surface area contributed by atoms with E-state index in [0.717, 1.165) is 28.9 Å². The molecule has 0 radical (unpaired) electrons. The van der Waals surface area contributed by atoms with Gasteiger partial charge in [0, 0.05) is 32.2 Å². The van der Waals surface area contributed by atoms with Crippen LogP contribution in [0.2, 0.25) is 0 Å². The standard InChI is InChI=1S/C21H28N2O3.ClH/c1-16-9-10-18(20(13-16)26-12-6-11-25-2)15-23-21(24)19(22)14-17-7-4-3-5-8-17;/h3-5,7-10,13,19H,6,11-12,14-15,22H2,1-2H3,(H,23,24);1H/t19-;/m0./s1. The zero-order valence-electron chi connectivity index (χ0n) is 15.9. The summed E-state index contributed by atoms with van der Waals surface area (Å²) in [4.78, 5) is 12.3. The number of halogens is 1. The van der Waals surface area contributed by atoms with Gasteiger partial charge in [-0.05, 0) is 30.5 Å². The fourth-order valence-corrected chi connectivity index (χ4v) is 2.60. The number of hydrogen-bond donors (Lipinski definition) is 2. The minimum Gasteiger partial charge on any atom is -0.493 e. The summed E-state index contributed by atoms with van der Waals surface area (Å²) in [7, 11) is 1.67. The lowest BCUT2D eigenvalue weighted by molar-refractivity contribution is -0.122. The molecule has 6 heteroatoms. The summed E-state index contributed by atoms with van der Waals surface area (Å²) in [6.45, 7) is 3.64. The molecule has 0 fully saturated rings. The molecule has 2 aromatic rings. The first-order valence-electron chi connectivity index (χ1n) is 8.88. The Morgan fingerprint density at radius 2 is 1.89 bits per heavy atom. The highest BCUT2D eigenvalue weighted by atomic mass is 35.5. The Bertz CT molecular complexity index is 695. The maximum atomic E-state index is 12.3. The Morgan fingerprint density at radius 1 is 1.15 bits per heavy atom. The Balaban J connectivity index is 0.00000364. The van der Waals surface area contributed by atoms with Crippen molar-refractivity contribution in [3.05, 3.63) is 65.2 Å². The number of methoxy groups -OCH3 is 1. The molecule has 1 amide bonds. The Kier molecular flexibility index (Phi) is 10.5. The zero-order chi connectivity index (χ0) is 18.8. The van der Waals surface area contributed by atoms with E-state index in [9.17, 15) is 4.79 Å². The molecule has 1 atom stereocenters. The molecular formula is C21H29ClN2O3. The summed E-state index contributed by atoms with van der Waals surface area (Å²) in [5.41, 5.74) is 9.13. The number of hydrogen-bond acceptors (Lipinski definition) is 4. The van der Waals surface area contributed by atoms with Crippen LogP contribution in [0.3, 0.4) is 0 Å². The summed E-state index contributed by atoms with van der Waals surface area (Å²) in [5, 5.41) is 2.91. The van der Waals surface area contributed by atoms with Crippen molar-refractivity contribution in [3.63, 3.8) is 0 Å². The average Bonchev–Trinajstić information content (AvgIpc) is 2.65. The SMILES string of the molecule is COCCCOc1cc(C)ccc1CNC(=O)[C@@H](N)Cc1ccccc1.Cl. The van der Waals surface area contributed by atoms with E-state index >= 15 is 0 Å². The van der Waals surface area contributed by atoms with Crippen molar-refractivity contribution in [2.24, 2.45) is 5.73 Å². The molecule has 0 aromatic heterocycles. The number of carbonyl (C=O) groups excluding carboxylic acids is 1. The van der Waals surface area contributed by atoms with Crippen LogP contribution in [0.25, 0.3) is 0 Å². The molecule has 0 heterocycles. The van der Waals surface area contributed by atoms with Crippen molar-refractivity contribution in [2.45, 2.75) is 32.4 Å².